The predicted octanol–water partition coefficient (Wildman–Crippen LogP) is 0.121. The molecule has 0 unspecified atom stereocenters. The Hall–Kier alpha value is -1.75. The van der Waals surface area contributed by atoms with Crippen molar-refractivity contribution in [3.63, 3.8) is 0 Å². The van der Waals surface area contributed by atoms with E-state index in [2.05, 4.69) is 15.3 Å². The van der Waals surface area contributed by atoms with Crippen LogP contribution in [0.1, 0.15) is 5.69 Å². The molecule has 0 spiro atoms. The van der Waals surface area contributed by atoms with Crippen LogP contribution in [0.4, 0.5) is 0 Å². The van der Waals surface area contributed by atoms with E-state index in [4.69, 9.17) is 5.73 Å². The molecule has 13 heavy (non-hydrogen) atoms. The number of hydrogen-bond acceptors (Lipinski definition) is 4. The van der Waals surface area contributed by atoms with Gasteiger partial charge in [-0.05, 0) is 12.1 Å². The largest absolute Gasteiger partial charge is 0.325 e. The van der Waals surface area contributed by atoms with Gasteiger partial charge in [0.15, 0.2) is 0 Å². The summed E-state index contributed by atoms with van der Waals surface area (Å²) in [4.78, 5) is 3.99. The zero-order chi connectivity index (χ0) is 9.10. The van der Waals surface area contributed by atoms with Gasteiger partial charge in [-0.15, -0.1) is 5.10 Å². The average Bonchev–Trinajstić information content (AvgIpc) is 2.67. The van der Waals surface area contributed by atoms with Crippen molar-refractivity contribution in [3.8, 4) is 5.69 Å². The molecule has 0 aliphatic carbocycles. The molecule has 0 atom stereocenters. The van der Waals surface area contributed by atoms with Gasteiger partial charge < -0.3 is 5.73 Å². The summed E-state index contributed by atoms with van der Waals surface area (Å²) < 4.78 is 1.67. The van der Waals surface area contributed by atoms with E-state index in [1.807, 2.05) is 12.1 Å². The van der Waals surface area contributed by atoms with Crippen molar-refractivity contribution in [1.82, 2.24) is 20.0 Å². The third-order valence-electron chi connectivity index (χ3n) is 1.72. The average molecular weight is 175 g/mol. The summed E-state index contributed by atoms with van der Waals surface area (Å²) in [5.74, 6) is 0. The number of aromatic nitrogens is 4. The van der Waals surface area contributed by atoms with E-state index >= 15 is 0 Å². The molecule has 0 aromatic carbocycles. The molecule has 2 N–H and O–H groups in total. The zero-order valence-corrected chi connectivity index (χ0v) is 6.96. The Balaban J connectivity index is 2.47. The second-order valence-corrected chi connectivity index (χ2v) is 2.55. The van der Waals surface area contributed by atoms with E-state index in [0.29, 0.717) is 6.54 Å². The first-order valence-corrected chi connectivity index (χ1v) is 3.92. The van der Waals surface area contributed by atoms with E-state index < -0.39 is 0 Å². The zero-order valence-electron chi connectivity index (χ0n) is 6.96. The Bertz CT molecular complexity index is 380. The topological polar surface area (TPSA) is 69.6 Å². The maximum absolute atomic E-state index is 5.51. The molecule has 0 saturated carbocycles. The molecule has 0 amide bonds. The molecule has 2 heterocycles. The third kappa shape index (κ3) is 1.41. The monoisotopic (exact) mass is 175 g/mol. The lowest BCUT2D eigenvalue weighted by atomic mass is 10.4. The van der Waals surface area contributed by atoms with Gasteiger partial charge in [0.05, 0.1) is 23.8 Å². The SMILES string of the molecule is NCc1cnnn1-c1cccnc1. The lowest BCUT2D eigenvalue weighted by Gasteiger charge is -2.01. The highest BCUT2D eigenvalue weighted by atomic mass is 15.4. The van der Waals surface area contributed by atoms with E-state index in [1.54, 1.807) is 23.3 Å². The minimum atomic E-state index is 0.419. The van der Waals surface area contributed by atoms with Crippen LogP contribution in [0.2, 0.25) is 0 Å². The third-order valence-corrected chi connectivity index (χ3v) is 1.72. The first kappa shape index (κ1) is 7.88. The van der Waals surface area contributed by atoms with E-state index in [1.165, 1.54) is 0 Å². The molecule has 0 saturated heterocycles. The number of rotatable bonds is 2. The normalized spacial score (nSPS) is 10.2. The maximum atomic E-state index is 5.51. The molecule has 0 aliphatic rings. The fourth-order valence-corrected chi connectivity index (χ4v) is 1.09. The summed E-state index contributed by atoms with van der Waals surface area (Å²) in [5.41, 5.74) is 7.26. The van der Waals surface area contributed by atoms with Crippen LogP contribution in [-0.2, 0) is 6.54 Å². The van der Waals surface area contributed by atoms with Crippen LogP contribution in [-0.4, -0.2) is 20.0 Å². The number of pyridine rings is 1. The van der Waals surface area contributed by atoms with Crippen LogP contribution >= 0.6 is 0 Å². The van der Waals surface area contributed by atoms with Gasteiger partial charge in [-0.3, -0.25) is 4.98 Å². The molecule has 0 radical (unpaired) electrons. The van der Waals surface area contributed by atoms with Crippen molar-refractivity contribution in [1.29, 1.82) is 0 Å². The van der Waals surface area contributed by atoms with Crippen LogP contribution in [0.5, 0.6) is 0 Å². The van der Waals surface area contributed by atoms with Crippen LogP contribution < -0.4 is 5.73 Å². The fraction of sp³-hybridized carbons (Fsp3) is 0.125. The van der Waals surface area contributed by atoms with Crippen molar-refractivity contribution < 1.29 is 0 Å². The van der Waals surface area contributed by atoms with Gasteiger partial charge in [0, 0.05) is 12.7 Å². The Morgan fingerprint density at radius 2 is 2.31 bits per heavy atom. The molecule has 2 rings (SSSR count). The van der Waals surface area contributed by atoms with Crippen molar-refractivity contribution in [2.45, 2.75) is 6.54 Å². The molecule has 66 valence electrons. The van der Waals surface area contributed by atoms with Crippen molar-refractivity contribution in [3.05, 3.63) is 36.4 Å². The molecular weight excluding hydrogens is 166 g/mol. The van der Waals surface area contributed by atoms with Gasteiger partial charge >= 0.3 is 0 Å². The van der Waals surface area contributed by atoms with Crippen LogP contribution in [0.25, 0.3) is 5.69 Å². The molecule has 2 aromatic heterocycles. The molecule has 5 nitrogen and oxygen atoms in total. The minimum absolute atomic E-state index is 0.419. The quantitative estimate of drug-likeness (QED) is 0.703. The lowest BCUT2D eigenvalue weighted by molar-refractivity contribution is 0.758. The predicted molar refractivity (Wildman–Crippen MR) is 47.0 cm³/mol. The smallest absolute Gasteiger partial charge is 0.0850 e. The number of hydrogen-bond donors (Lipinski definition) is 1. The summed E-state index contributed by atoms with van der Waals surface area (Å²) in [6, 6.07) is 3.75. The Morgan fingerprint density at radius 1 is 1.38 bits per heavy atom. The van der Waals surface area contributed by atoms with E-state index in [9.17, 15) is 0 Å². The standard InChI is InChI=1S/C8H9N5/c9-4-8-6-11-12-13(8)7-2-1-3-10-5-7/h1-3,5-6H,4,9H2. The van der Waals surface area contributed by atoms with Crippen LogP contribution in [0.15, 0.2) is 30.7 Å². The van der Waals surface area contributed by atoms with Crippen molar-refractivity contribution >= 4 is 0 Å². The molecule has 0 bridgehead atoms. The van der Waals surface area contributed by atoms with Crippen LogP contribution in [0, 0.1) is 0 Å². The highest BCUT2D eigenvalue weighted by molar-refractivity contribution is 5.27. The summed E-state index contributed by atoms with van der Waals surface area (Å²) >= 11 is 0. The van der Waals surface area contributed by atoms with Gasteiger partial charge in [-0.2, -0.15) is 0 Å². The summed E-state index contributed by atoms with van der Waals surface area (Å²) in [6.07, 6.45) is 5.07. The first-order valence-electron chi connectivity index (χ1n) is 3.92. The van der Waals surface area contributed by atoms with Crippen LogP contribution in [0.3, 0.4) is 0 Å². The van der Waals surface area contributed by atoms with Gasteiger partial charge in [0.25, 0.3) is 0 Å². The first-order chi connectivity index (χ1) is 6.42. The minimum Gasteiger partial charge on any atom is -0.325 e. The molecule has 0 aliphatic heterocycles. The van der Waals surface area contributed by atoms with Crippen molar-refractivity contribution in [2.24, 2.45) is 5.73 Å². The summed E-state index contributed by atoms with van der Waals surface area (Å²) in [6.45, 7) is 0.419. The Kier molecular flexibility index (Phi) is 2.01. The second kappa shape index (κ2) is 3.32. The molecule has 5 heteroatoms. The maximum Gasteiger partial charge on any atom is 0.0850 e. The number of nitrogens with zero attached hydrogens (tertiary/aromatic N) is 4. The van der Waals surface area contributed by atoms with Gasteiger partial charge in [0.1, 0.15) is 0 Å². The molecular formula is C8H9N5. The second-order valence-electron chi connectivity index (χ2n) is 2.55. The highest BCUT2D eigenvalue weighted by Crippen LogP contribution is 2.05. The van der Waals surface area contributed by atoms with Crippen molar-refractivity contribution in [2.75, 3.05) is 0 Å². The summed E-state index contributed by atoms with van der Waals surface area (Å²) in [5, 5.41) is 7.68. The lowest BCUT2D eigenvalue weighted by Crippen LogP contribution is -2.06. The Morgan fingerprint density at radius 3 is 3.00 bits per heavy atom. The highest BCUT2D eigenvalue weighted by Gasteiger charge is 2.02. The fourth-order valence-electron chi connectivity index (χ4n) is 1.09. The summed E-state index contributed by atoms with van der Waals surface area (Å²) in [7, 11) is 0. The van der Waals surface area contributed by atoms with Gasteiger partial charge in [0.2, 0.25) is 0 Å². The van der Waals surface area contributed by atoms with E-state index in [-0.39, 0.29) is 0 Å². The molecule has 2 aromatic rings. The van der Waals surface area contributed by atoms with Gasteiger partial charge in [-0.25, -0.2) is 4.68 Å². The molecule has 0 fully saturated rings. The Labute approximate surface area is 75.2 Å². The number of nitrogens with two attached hydrogens (primary N) is 1. The van der Waals surface area contributed by atoms with Gasteiger partial charge in [-0.1, -0.05) is 5.21 Å². The van der Waals surface area contributed by atoms with E-state index in [0.717, 1.165) is 11.4 Å².